The van der Waals surface area contributed by atoms with Crippen molar-refractivity contribution in [2.75, 3.05) is 31.1 Å². The van der Waals surface area contributed by atoms with Crippen molar-refractivity contribution in [3.63, 3.8) is 0 Å². The summed E-state index contributed by atoms with van der Waals surface area (Å²) in [5, 5.41) is 3.32. The van der Waals surface area contributed by atoms with E-state index in [-0.39, 0.29) is 0 Å². The van der Waals surface area contributed by atoms with E-state index in [1.165, 1.54) is 5.69 Å². The number of morpholine rings is 1. The highest BCUT2D eigenvalue weighted by atomic mass is 32.1. The minimum absolute atomic E-state index is 0.298. The maximum absolute atomic E-state index is 6.09. The van der Waals surface area contributed by atoms with Gasteiger partial charge in [-0.3, -0.25) is 4.90 Å². The maximum Gasteiger partial charge on any atom is 0.225 e. The first kappa shape index (κ1) is 15.9. The quantitative estimate of drug-likeness (QED) is 0.849. The van der Waals surface area contributed by atoms with Crippen LogP contribution in [-0.2, 0) is 11.3 Å². The van der Waals surface area contributed by atoms with Crippen molar-refractivity contribution < 1.29 is 4.74 Å². The second-order valence-electron chi connectivity index (χ2n) is 6.42. The van der Waals surface area contributed by atoms with E-state index in [4.69, 9.17) is 4.74 Å². The topological polar surface area (TPSA) is 54.4 Å². The van der Waals surface area contributed by atoms with Gasteiger partial charge in [-0.2, -0.15) is 0 Å². The van der Waals surface area contributed by atoms with E-state index in [2.05, 4.69) is 37.1 Å². The SMILES string of the molecule is Cc1nc(CN2CCOC3CCN(c4ncccn4)CCC32)cs1. The number of aryl methyl sites for hydroxylation is 1. The van der Waals surface area contributed by atoms with Crippen LogP contribution in [-0.4, -0.2) is 58.2 Å². The lowest BCUT2D eigenvalue weighted by Gasteiger charge is -2.40. The standard InChI is InChI=1S/C17H23N5OS/c1-13-20-14(12-24-13)11-22-9-10-23-16-4-8-21(7-3-15(16)22)17-18-5-2-6-19-17/h2,5-6,12,15-16H,3-4,7-11H2,1H3. The van der Waals surface area contributed by atoms with Gasteiger partial charge < -0.3 is 9.64 Å². The zero-order valence-corrected chi connectivity index (χ0v) is 14.8. The minimum Gasteiger partial charge on any atom is -0.375 e. The molecule has 0 bridgehead atoms. The van der Waals surface area contributed by atoms with Crippen molar-refractivity contribution in [3.05, 3.63) is 34.5 Å². The van der Waals surface area contributed by atoms with E-state index in [0.717, 1.165) is 56.6 Å². The molecule has 2 aliphatic heterocycles. The van der Waals surface area contributed by atoms with E-state index in [0.29, 0.717) is 12.1 Å². The monoisotopic (exact) mass is 345 g/mol. The third-order valence-electron chi connectivity index (χ3n) is 4.85. The molecule has 2 aromatic rings. The largest absolute Gasteiger partial charge is 0.375 e. The van der Waals surface area contributed by atoms with E-state index in [1.54, 1.807) is 11.3 Å². The third-order valence-corrected chi connectivity index (χ3v) is 5.68. The zero-order valence-electron chi connectivity index (χ0n) is 14.0. The highest BCUT2D eigenvalue weighted by Gasteiger charge is 2.35. The molecule has 128 valence electrons. The highest BCUT2D eigenvalue weighted by molar-refractivity contribution is 7.09. The lowest BCUT2D eigenvalue weighted by atomic mass is 10.0. The minimum atomic E-state index is 0.298. The van der Waals surface area contributed by atoms with E-state index in [9.17, 15) is 0 Å². The maximum atomic E-state index is 6.09. The summed E-state index contributed by atoms with van der Waals surface area (Å²) in [6, 6.07) is 2.32. The Balaban J connectivity index is 1.46. The van der Waals surface area contributed by atoms with Crippen LogP contribution in [0.2, 0.25) is 0 Å². The summed E-state index contributed by atoms with van der Waals surface area (Å²) >= 11 is 1.73. The number of anilines is 1. The molecule has 2 unspecified atom stereocenters. The molecule has 7 heteroatoms. The molecule has 2 saturated heterocycles. The van der Waals surface area contributed by atoms with Crippen molar-refractivity contribution >= 4 is 17.3 Å². The molecule has 0 aliphatic carbocycles. The average Bonchev–Trinajstić information content (AvgIpc) is 2.89. The molecule has 2 aliphatic rings. The molecule has 0 N–H and O–H groups in total. The van der Waals surface area contributed by atoms with Crippen molar-refractivity contribution in [2.24, 2.45) is 0 Å². The van der Waals surface area contributed by atoms with Crippen molar-refractivity contribution in [1.82, 2.24) is 19.9 Å². The summed E-state index contributed by atoms with van der Waals surface area (Å²) < 4.78 is 6.09. The van der Waals surface area contributed by atoms with Gasteiger partial charge in [-0.1, -0.05) is 0 Å². The number of rotatable bonds is 3. The summed E-state index contributed by atoms with van der Waals surface area (Å²) in [5.74, 6) is 0.831. The Morgan fingerprint density at radius 2 is 2.04 bits per heavy atom. The van der Waals surface area contributed by atoms with Gasteiger partial charge >= 0.3 is 0 Å². The van der Waals surface area contributed by atoms with Gasteiger partial charge in [-0.15, -0.1) is 11.3 Å². The van der Waals surface area contributed by atoms with Gasteiger partial charge in [0.25, 0.3) is 0 Å². The first-order valence-electron chi connectivity index (χ1n) is 8.58. The van der Waals surface area contributed by atoms with E-state index >= 15 is 0 Å². The number of fused-ring (bicyclic) bond motifs is 1. The molecule has 0 aromatic carbocycles. The second kappa shape index (κ2) is 7.13. The van der Waals surface area contributed by atoms with Crippen LogP contribution in [0.25, 0.3) is 0 Å². The van der Waals surface area contributed by atoms with Crippen LogP contribution in [0.1, 0.15) is 23.5 Å². The Labute approximate surface area is 146 Å². The van der Waals surface area contributed by atoms with Gasteiger partial charge in [0.1, 0.15) is 0 Å². The molecule has 0 amide bonds. The van der Waals surface area contributed by atoms with Crippen molar-refractivity contribution in [2.45, 2.75) is 38.5 Å². The van der Waals surface area contributed by atoms with Crippen molar-refractivity contribution in [1.29, 1.82) is 0 Å². The summed E-state index contributed by atoms with van der Waals surface area (Å²) in [4.78, 5) is 18.3. The van der Waals surface area contributed by atoms with Crippen LogP contribution in [0.4, 0.5) is 5.95 Å². The number of aromatic nitrogens is 3. The van der Waals surface area contributed by atoms with Gasteiger partial charge in [0.05, 0.1) is 23.4 Å². The van der Waals surface area contributed by atoms with Gasteiger partial charge in [0.15, 0.2) is 0 Å². The fourth-order valence-electron chi connectivity index (χ4n) is 3.70. The Morgan fingerprint density at radius 3 is 2.83 bits per heavy atom. The zero-order chi connectivity index (χ0) is 16.4. The van der Waals surface area contributed by atoms with E-state index in [1.807, 2.05) is 18.5 Å². The van der Waals surface area contributed by atoms with E-state index < -0.39 is 0 Å². The first-order chi connectivity index (χ1) is 11.8. The number of hydrogen-bond acceptors (Lipinski definition) is 7. The highest BCUT2D eigenvalue weighted by Crippen LogP contribution is 2.26. The molecular weight excluding hydrogens is 322 g/mol. The predicted molar refractivity (Wildman–Crippen MR) is 94.3 cm³/mol. The second-order valence-corrected chi connectivity index (χ2v) is 7.48. The first-order valence-corrected chi connectivity index (χ1v) is 9.46. The van der Waals surface area contributed by atoms with Crippen LogP contribution in [0.3, 0.4) is 0 Å². The summed E-state index contributed by atoms with van der Waals surface area (Å²) in [7, 11) is 0. The fraction of sp³-hybridized carbons (Fsp3) is 0.588. The molecule has 0 saturated carbocycles. The molecule has 4 rings (SSSR count). The third kappa shape index (κ3) is 3.43. The molecule has 0 radical (unpaired) electrons. The average molecular weight is 345 g/mol. The van der Waals surface area contributed by atoms with Crippen LogP contribution in [0.5, 0.6) is 0 Å². The molecule has 0 spiro atoms. The molecule has 2 aromatic heterocycles. The molecule has 24 heavy (non-hydrogen) atoms. The molecule has 6 nitrogen and oxygen atoms in total. The lowest BCUT2D eigenvalue weighted by molar-refractivity contribution is -0.0749. The van der Waals surface area contributed by atoms with Gasteiger partial charge in [-0.05, 0) is 25.8 Å². The predicted octanol–water partition coefficient (Wildman–Crippen LogP) is 2.11. The normalized spacial score (nSPS) is 25.3. The molecule has 2 fully saturated rings. The summed E-state index contributed by atoms with van der Waals surface area (Å²) in [6.07, 6.45) is 6.02. The van der Waals surface area contributed by atoms with Crippen LogP contribution in [0.15, 0.2) is 23.8 Å². The molecule has 4 heterocycles. The Morgan fingerprint density at radius 1 is 1.21 bits per heavy atom. The molecular formula is C17H23N5OS. The Hall–Kier alpha value is -1.57. The van der Waals surface area contributed by atoms with Gasteiger partial charge in [0.2, 0.25) is 5.95 Å². The van der Waals surface area contributed by atoms with Crippen LogP contribution < -0.4 is 4.90 Å². The van der Waals surface area contributed by atoms with Gasteiger partial charge in [0, 0.05) is 50.0 Å². The molecule has 2 atom stereocenters. The number of nitrogens with zero attached hydrogens (tertiary/aromatic N) is 5. The van der Waals surface area contributed by atoms with Crippen LogP contribution in [0, 0.1) is 6.92 Å². The van der Waals surface area contributed by atoms with Gasteiger partial charge in [-0.25, -0.2) is 15.0 Å². The number of hydrogen-bond donors (Lipinski definition) is 0. The lowest BCUT2D eigenvalue weighted by Crippen LogP contribution is -2.50. The number of thiazole rings is 1. The summed E-state index contributed by atoms with van der Waals surface area (Å²) in [6.45, 7) is 6.72. The fourth-order valence-corrected chi connectivity index (χ4v) is 4.30. The number of ether oxygens (including phenoxy) is 1. The summed E-state index contributed by atoms with van der Waals surface area (Å²) in [5.41, 5.74) is 1.19. The van der Waals surface area contributed by atoms with Crippen LogP contribution >= 0.6 is 11.3 Å². The Bertz CT molecular complexity index is 664. The Kier molecular flexibility index (Phi) is 4.73. The van der Waals surface area contributed by atoms with Crippen molar-refractivity contribution in [3.8, 4) is 0 Å². The smallest absolute Gasteiger partial charge is 0.225 e.